The molecule has 3 N–H and O–H groups in total. The molecule has 1 aliphatic heterocycles. The Bertz CT molecular complexity index is 703. The van der Waals surface area contributed by atoms with Gasteiger partial charge in [-0.2, -0.15) is 0 Å². The fourth-order valence-corrected chi connectivity index (χ4v) is 4.83. The summed E-state index contributed by atoms with van der Waals surface area (Å²) in [5, 5.41) is 3.64. The average Bonchev–Trinajstić information content (AvgIpc) is 3.24. The van der Waals surface area contributed by atoms with Crippen LogP contribution in [0.1, 0.15) is 70.3 Å². The van der Waals surface area contributed by atoms with Gasteiger partial charge in [-0.25, -0.2) is 0 Å². The van der Waals surface area contributed by atoms with E-state index in [-0.39, 0.29) is 12.3 Å². The summed E-state index contributed by atoms with van der Waals surface area (Å²) in [6, 6.07) is 8.01. The van der Waals surface area contributed by atoms with Crippen molar-refractivity contribution in [3.05, 3.63) is 29.8 Å². The van der Waals surface area contributed by atoms with E-state index in [0.717, 1.165) is 30.2 Å². The minimum atomic E-state index is -0.459. The van der Waals surface area contributed by atoms with Gasteiger partial charge < -0.3 is 20.7 Å². The zero-order valence-electron chi connectivity index (χ0n) is 18.3. The molecule has 1 aromatic carbocycles. The molecule has 0 aromatic heterocycles. The van der Waals surface area contributed by atoms with Crippen LogP contribution in [0, 0.1) is 5.92 Å². The molecule has 1 heterocycles. The number of nitrogens with zero attached hydrogens (tertiary/aromatic N) is 1. The van der Waals surface area contributed by atoms with Gasteiger partial charge >= 0.3 is 0 Å². The lowest BCUT2D eigenvalue weighted by Crippen LogP contribution is -2.44. The summed E-state index contributed by atoms with van der Waals surface area (Å²) in [4.78, 5) is 25.6. The summed E-state index contributed by atoms with van der Waals surface area (Å²) in [7, 11) is 0. The van der Waals surface area contributed by atoms with Crippen molar-refractivity contribution in [2.24, 2.45) is 11.7 Å². The van der Waals surface area contributed by atoms with Gasteiger partial charge in [0, 0.05) is 24.7 Å². The van der Waals surface area contributed by atoms with Crippen LogP contribution >= 0.6 is 0 Å². The van der Waals surface area contributed by atoms with Crippen molar-refractivity contribution in [2.75, 3.05) is 13.2 Å². The first-order valence-corrected chi connectivity index (χ1v) is 11.6. The molecule has 1 aliphatic carbocycles. The lowest BCUT2D eigenvalue weighted by molar-refractivity contribution is -0.137. The van der Waals surface area contributed by atoms with E-state index in [1.54, 1.807) is 4.90 Å². The van der Waals surface area contributed by atoms with Crippen molar-refractivity contribution in [3.63, 3.8) is 0 Å². The van der Waals surface area contributed by atoms with Crippen LogP contribution in [0.15, 0.2) is 24.3 Å². The minimum absolute atomic E-state index is 0.0620. The van der Waals surface area contributed by atoms with Crippen molar-refractivity contribution in [2.45, 2.75) is 83.3 Å². The summed E-state index contributed by atoms with van der Waals surface area (Å²) in [5.41, 5.74) is 6.52. The lowest BCUT2D eigenvalue weighted by Gasteiger charge is -2.25. The molecule has 1 aromatic rings. The predicted octanol–water partition coefficient (Wildman–Crippen LogP) is 3.38. The third-order valence-corrected chi connectivity index (χ3v) is 6.50. The first kappa shape index (κ1) is 22.6. The van der Waals surface area contributed by atoms with Gasteiger partial charge in [-0.15, -0.1) is 0 Å². The highest BCUT2D eigenvalue weighted by molar-refractivity contribution is 5.87. The van der Waals surface area contributed by atoms with Crippen molar-refractivity contribution in [1.82, 2.24) is 10.2 Å². The third kappa shape index (κ3) is 6.46. The number of para-hydroxylation sites is 1. The van der Waals surface area contributed by atoms with Gasteiger partial charge in [0.2, 0.25) is 11.8 Å². The zero-order valence-corrected chi connectivity index (χ0v) is 18.3. The number of hydrogen-bond acceptors (Lipinski definition) is 4. The second-order valence-electron chi connectivity index (χ2n) is 8.88. The van der Waals surface area contributed by atoms with Gasteiger partial charge in [-0.3, -0.25) is 9.59 Å². The maximum absolute atomic E-state index is 12.5. The van der Waals surface area contributed by atoms with Crippen LogP contribution < -0.4 is 15.8 Å². The van der Waals surface area contributed by atoms with Crippen molar-refractivity contribution in [1.29, 1.82) is 0 Å². The fraction of sp³-hybridized carbons (Fsp3) is 0.667. The normalized spacial score (nSPS) is 20.8. The molecule has 3 rings (SSSR count). The summed E-state index contributed by atoms with van der Waals surface area (Å²) >= 11 is 0. The van der Waals surface area contributed by atoms with Crippen LogP contribution in [0.4, 0.5) is 0 Å². The van der Waals surface area contributed by atoms with E-state index in [1.807, 2.05) is 18.2 Å². The first-order chi connectivity index (χ1) is 14.5. The summed E-state index contributed by atoms with van der Waals surface area (Å²) in [6.07, 6.45) is 9.86. The molecule has 0 radical (unpaired) electrons. The summed E-state index contributed by atoms with van der Waals surface area (Å²) in [6.45, 7) is 3.93. The fourth-order valence-electron chi connectivity index (χ4n) is 4.83. The number of rotatable bonds is 10. The topological polar surface area (TPSA) is 84.7 Å². The number of ether oxygens (including phenoxy) is 1. The molecule has 30 heavy (non-hydrogen) atoms. The Hall–Kier alpha value is -2.08. The molecule has 1 saturated carbocycles. The minimum Gasteiger partial charge on any atom is -0.493 e. The van der Waals surface area contributed by atoms with Crippen molar-refractivity contribution in [3.8, 4) is 5.75 Å². The Morgan fingerprint density at radius 2 is 1.93 bits per heavy atom. The van der Waals surface area contributed by atoms with Crippen molar-refractivity contribution < 1.29 is 14.3 Å². The highest BCUT2D eigenvalue weighted by Crippen LogP contribution is 2.27. The largest absolute Gasteiger partial charge is 0.493 e. The van der Waals surface area contributed by atoms with Gasteiger partial charge in [0.1, 0.15) is 11.8 Å². The Kier molecular flexibility index (Phi) is 8.55. The number of benzene rings is 1. The molecular formula is C24H37N3O3. The number of nitrogens with one attached hydrogen (secondary N) is 1. The molecule has 1 saturated heterocycles. The second-order valence-corrected chi connectivity index (χ2v) is 8.88. The van der Waals surface area contributed by atoms with Gasteiger partial charge in [0.15, 0.2) is 0 Å². The maximum atomic E-state index is 12.5. The predicted molar refractivity (Wildman–Crippen MR) is 118 cm³/mol. The molecule has 166 valence electrons. The maximum Gasteiger partial charge on any atom is 0.240 e. The monoisotopic (exact) mass is 415 g/mol. The first-order valence-electron chi connectivity index (χ1n) is 11.6. The lowest BCUT2D eigenvalue weighted by atomic mass is 9.85. The SMILES string of the molecule is CC(CC1CCCCC1)NCc1ccccc1OCCC(=O)N1CCCC1C(N)=O. The third-order valence-electron chi connectivity index (χ3n) is 6.50. The Morgan fingerprint density at radius 1 is 1.17 bits per heavy atom. The molecule has 0 bridgehead atoms. The Morgan fingerprint density at radius 3 is 2.70 bits per heavy atom. The van der Waals surface area contributed by atoms with E-state index in [1.165, 1.54) is 38.5 Å². The molecule has 2 atom stereocenters. The average molecular weight is 416 g/mol. The Balaban J connectivity index is 1.44. The number of nitrogens with two attached hydrogens (primary N) is 1. The van der Waals surface area contributed by atoms with E-state index in [0.29, 0.717) is 25.6 Å². The molecular weight excluding hydrogens is 378 g/mol. The standard InChI is InChI=1S/C24H37N3O3/c1-18(16-19-8-3-2-4-9-19)26-17-20-10-5-6-12-22(20)30-15-13-23(28)27-14-7-11-21(27)24(25)29/h5-6,10,12,18-19,21,26H,2-4,7-9,11,13-17H2,1H3,(H2,25,29). The van der Waals surface area contributed by atoms with E-state index in [4.69, 9.17) is 10.5 Å². The highest BCUT2D eigenvalue weighted by Gasteiger charge is 2.32. The molecule has 2 aliphatic rings. The van der Waals surface area contributed by atoms with E-state index in [2.05, 4.69) is 18.3 Å². The molecule has 6 nitrogen and oxygen atoms in total. The number of carbonyl (C=O) groups is 2. The van der Waals surface area contributed by atoms with Crippen LogP contribution in [-0.4, -0.2) is 41.9 Å². The molecule has 2 amide bonds. The zero-order chi connectivity index (χ0) is 21.3. The summed E-state index contributed by atoms with van der Waals surface area (Å²) in [5.74, 6) is 1.19. The molecule has 2 unspecified atom stereocenters. The molecule has 6 heteroatoms. The number of carbonyl (C=O) groups excluding carboxylic acids is 2. The van der Waals surface area contributed by atoms with Gasteiger partial charge in [0.25, 0.3) is 0 Å². The van der Waals surface area contributed by atoms with E-state index in [9.17, 15) is 9.59 Å². The smallest absolute Gasteiger partial charge is 0.240 e. The Labute approximate surface area is 180 Å². The van der Waals surface area contributed by atoms with Crippen LogP contribution in [-0.2, 0) is 16.1 Å². The van der Waals surface area contributed by atoms with Gasteiger partial charge in [-0.1, -0.05) is 50.3 Å². The second kappa shape index (κ2) is 11.3. The quantitative estimate of drug-likeness (QED) is 0.613. The van der Waals surface area contributed by atoms with Crippen molar-refractivity contribution >= 4 is 11.8 Å². The summed E-state index contributed by atoms with van der Waals surface area (Å²) < 4.78 is 5.94. The highest BCUT2D eigenvalue weighted by atomic mass is 16.5. The number of hydrogen-bond donors (Lipinski definition) is 2. The van der Waals surface area contributed by atoms with Gasteiger partial charge in [-0.05, 0) is 38.2 Å². The van der Waals surface area contributed by atoms with E-state index >= 15 is 0 Å². The number of primary amides is 1. The number of amides is 2. The van der Waals surface area contributed by atoms with Crippen LogP contribution in [0.5, 0.6) is 5.75 Å². The van der Waals surface area contributed by atoms with E-state index < -0.39 is 11.9 Å². The molecule has 2 fully saturated rings. The van der Waals surface area contributed by atoms with Crippen LogP contribution in [0.2, 0.25) is 0 Å². The van der Waals surface area contributed by atoms with Crippen LogP contribution in [0.3, 0.4) is 0 Å². The number of likely N-dealkylation sites (tertiary alicyclic amines) is 1. The molecule has 0 spiro atoms. The van der Waals surface area contributed by atoms with Crippen LogP contribution in [0.25, 0.3) is 0 Å². The van der Waals surface area contributed by atoms with Gasteiger partial charge in [0.05, 0.1) is 13.0 Å².